The van der Waals surface area contributed by atoms with Gasteiger partial charge in [-0.3, -0.25) is 4.79 Å². The molecule has 0 aromatic heterocycles. The molecule has 0 saturated carbocycles. The number of nitrogens with zero attached hydrogens (tertiary/aromatic N) is 1. The molecule has 0 amide bonds. The van der Waals surface area contributed by atoms with Crippen LogP contribution in [-0.4, -0.2) is 36.4 Å². The second-order valence-corrected chi connectivity index (χ2v) is 6.96. The van der Waals surface area contributed by atoms with Gasteiger partial charge in [-0.25, -0.2) is 8.42 Å². The summed E-state index contributed by atoms with van der Waals surface area (Å²) in [5.41, 5.74) is -1.41. The average Bonchev–Trinajstić information content (AvgIpc) is 2.87. The minimum Gasteiger partial charge on any atom is -0.480 e. The standard InChI is InChI=1S/C12H11ClF3NO4S/c13-8-4-1-3-7(12(14,15)16)10(8)22(20,21)17-6-2-5-9(17)11(18)19/h1,3-4,9H,2,5-6H2,(H,18,19)/t9-/m1/s1. The molecule has 2 rings (SSSR count). The maximum atomic E-state index is 13.0. The summed E-state index contributed by atoms with van der Waals surface area (Å²) >= 11 is 5.67. The molecule has 1 saturated heterocycles. The number of benzene rings is 1. The van der Waals surface area contributed by atoms with Crippen molar-refractivity contribution in [3.63, 3.8) is 0 Å². The molecule has 1 atom stereocenters. The summed E-state index contributed by atoms with van der Waals surface area (Å²) in [6, 6.07) is 1.23. The number of carbonyl (C=O) groups is 1. The Bertz CT molecular complexity index is 705. The highest BCUT2D eigenvalue weighted by Crippen LogP contribution is 2.40. The van der Waals surface area contributed by atoms with Crippen LogP contribution in [-0.2, 0) is 21.0 Å². The number of halogens is 4. The first-order valence-electron chi connectivity index (χ1n) is 6.17. The molecule has 10 heteroatoms. The fourth-order valence-electron chi connectivity index (χ4n) is 2.39. The summed E-state index contributed by atoms with van der Waals surface area (Å²) < 4.78 is 64.7. The van der Waals surface area contributed by atoms with Crippen molar-refractivity contribution in [3.8, 4) is 0 Å². The second-order valence-electron chi connectivity index (χ2n) is 4.73. The van der Waals surface area contributed by atoms with Gasteiger partial charge in [0.25, 0.3) is 0 Å². The van der Waals surface area contributed by atoms with Gasteiger partial charge in [0, 0.05) is 6.54 Å². The number of aliphatic carboxylic acids is 1. The van der Waals surface area contributed by atoms with Gasteiger partial charge in [-0.15, -0.1) is 0 Å². The molecule has 1 aromatic rings. The molecule has 0 radical (unpaired) electrons. The number of sulfonamides is 1. The highest BCUT2D eigenvalue weighted by Gasteiger charge is 2.45. The minimum atomic E-state index is -4.92. The second kappa shape index (κ2) is 5.71. The Kier molecular flexibility index (Phi) is 4.42. The summed E-state index contributed by atoms with van der Waals surface area (Å²) in [4.78, 5) is 10.00. The molecule has 1 aliphatic rings. The lowest BCUT2D eigenvalue weighted by molar-refractivity contribution is -0.140. The van der Waals surface area contributed by atoms with Crippen LogP contribution < -0.4 is 0 Å². The third-order valence-electron chi connectivity index (χ3n) is 3.33. The highest BCUT2D eigenvalue weighted by molar-refractivity contribution is 7.89. The molecule has 0 aliphatic carbocycles. The summed E-state index contributed by atoms with van der Waals surface area (Å²) in [6.45, 7) is -0.165. The van der Waals surface area contributed by atoms with E-state index in [4.69, 9.17) is 16.7 Å². The van der Waals surface area contributed by atoms with Crippen molar-refractivity contribution >= 4 is 27.6 Å². The van der Waals surface area contributed by atoms with Crippen LogP contribution in [0.15, 0.2) is 23.1 Å². The lowest BCUT2D eigenvalue weighted by Gasteiger charge is -2.23. The highest BCUT2D eigenvalue weighted by atomic mass is 35.5. The molecule has 0 unspecified atom stereocenters. The van der Waals surface area contributed by atoms with E-state index in [1.54, 1.807) is 0 Å². The zero-order chi connectivity index (χ0) is 16.7. The maximum Gasteiger partial charge on any atom is 0.417 e. The molecule has 1 heterocycles. The maximum absolute atomic E-state index is 13.0. The van der Waals surface area contributed by atoms with Crippen LogP contribution in [0.1, 0.15) is 18.4 Å². The van der Waals surface area contributed by atoms with Crippen LogP contribution in [0.3, 0.4) is 0 Å². The molecular weight excluding hydrogens is 347 g/mol. The Labute approximate surface area is 129 Å². The van der Waals surface area contributed by atoms with Gasteiger partial charge >= 0.3 is 12.1 Å². The van der Waals surface area contributed by atoms with E-state index in [1.807, 2.05) is 0 Å². The van der Waals surface area contributed by atoms with Crippen LogP contribution >= 0.6 is 11.6 Å². The Morgan fingerprint density at radius 1 is 1.36 bits per heavy atom. The Morgan fingerprint density at radius 2 is 2.00 bits per heavy atom. The van der Waals surface area contributed by atoms with Crippen LogP contribution in [0, 0.1) is 0 Å². The van der Waals surface area contributed by atoms with E-state index in [2.05, 4.69) is 0 Å². The third-order valence-corrected chi connectivity index (χ3v) is 5.77. The van der Waals surface area contributed by atoms with Gasteiger partial charge in [0.05, 0.1) is 10.6 Å². The van der Waals surface area contributed by atoms with Crippen molar-refractivity contribution in [1.29, 1.82) is 0 Å². The van der Waals surface area contributed by atoms with E-state index in [1.165, 1.54) is 0 Å². The monoisotopic (exact) mass is 357 g/mol. The van der Waals surface area contributed by atoms with Crippen molar-refractivity contribution in [1.82, 2.24) is 4.31 Å². The van der Waals surface area contributed by atoms with E-state index in [0.29, 0.717) is 10.4 Å². The van der Waals surface area contributed by atoms with Gasteiger partial charge in [-0.2, -0.15) is 17.5 Å². The lowest BCUT2D eigenvalue weighted by Crippen LogP contribution is -2.41. The Balaban J connectivity index is 2.62. The Hall–Kier alpha value is -1.32. The average molecular weight is 358 g/mol. The van der Waals surface area contributed by atoms with E-state index in [0.717, 1.165) is 12.1 Å². The van der Waals surface area contributed by atoms with Crippen molar-refractivity contribution in [2.24, 2.45) is 0 Å². The summed E-state index contributed by atoms with van der Waals surface area (Å²) in [5.74, 6) is -1.40. The minimum absolute atomic E-state index is 0.0420. The molecule has 22 heavy (non-hydrogen) atoms. The van der Waals surface area contributed by atoms with Crippen molar-refractivity contribution in [2.75, 3.05) is 6.54 Å². The van der Waals surface area contributed by atoms with Crippen molar-refractivity contribution in [2.45, 2.75) is 30.0 Å². The molecule has 0 spiro atoms. The number of carboxylic acids is 1. The topological polar surface area (TPSA) is 74.7 Å². The van der Waals surface area contributed by atoms with Crippen LogP contribution in [0.5, 0.6) is 0 Å². The molecule has 1 aromatic carbocycles. The first kappa shape index (κ1) is 17.0. The van der Waals surface area contributed by atoms with E-state index < -0.39 is 43.7 Å². The quantitative estimate of drug-likeness (QED) is 0.902. The molecule has 1 aliphatic heterocycles. The van der Waals surface area contributed by atoms with Crippen LogP contribution in [0.4, 0.5) is 13.2 Å². The van der Waals surface area contributed by atoms with Gasteiger partial charge in [-0.1, -0.05) is 17.7 Å². The van der Waals surface area contributed by atoms with Gasteiger partial charge < -0.3 is 5.11 Å². The summed E-state index contributed by atoms with van der Waals surface area (Å²) in [7, 11) is -4.68. The molecule has 5 nitrogen and oxygen atoms in total. The number of rotatable bonds is 3. The number of hydrogen-bond donors (Lipinski definition) is 1. The molecule has 0 bridgehead atoms. The lowest BCUT2D eigenvalue weighted by atomic mass is 10.2. The van der Waals surface area contributed by atoms with Crippen LogP contribution in [0.25, 0.3) is 0 Å². The molecule has 1 fully saturated rings. The van der Waals surface area contributed by atoms with Gasteiger partial charge in [0.1, 0.15) is 10.9 Å². The summed E-state index contributed by atoms with van der Waals surface area (Å²) in [5, 5.41) is 8.44. The van der Waals surface area contributed by atoms with E-state index >= 15 is 0 Å². The van der Waals surface area contributed by atoms with Crippen molar-refractivity contribution in [3.05, 3.63) is 28.8 Å². The van der Waals surface area contributed by atoms with Gasteiger partial charge in [0.2, 0.25) is 10.0 Å². The van der Waals surface area contributed by atoms with Gasteiger partial charge in [-0.05, 0) is 25.0 Å². The number of hydrogen-bond acceptors (Lipinski definition) is 3. The fourth-order valence-corrected chi connectivity index (χ4v) is 4.76. The predicted octanol–water partition coefficient (Wildman–Crippen LogP) is 2.60. The summed E-state index contributed by atoms with van der Waals surface area (Å²) in [6.07, 6.45) is -4.63. The predicted molar refractivity (Wildman–Crippen MR) is 71.0 cm³/mol. The van der Waals surface area contributed by atoms with E-state index in [-0.39, 0.29) is 19.4 Å². The largest absolute Gasteiger partial charge is 0.480 e. The van der Waals surface area contributed by atoms with Gasteiger partial charge in [0.15, 0.2) is 0 Å². The number of alkyl halides is 3. The smallest absolute Gasteiger partial charge is 0.417 e. The molecular formula is C12H11ClF3NO4S. The molecule has 1 N–H and O–H groups in total. The van der Waals surface area contributed by atoms with Crippen LogP contribution in [0.2, 0.25) is 5.02 Å². The molecule has 122 valence electrons. The number of carboxylic acid groups (broad SMARTS) is 1. The normalized spacial score (nSPS) is 20.3. The SMILES string of the molecule is O=C(O)[C@H]1CCCN1S(=O)(=O)c1c(Cl)cccc1C(F)(F)F. The third kappa shape index (κ3) is 2.92. The Morgan fingerprint density at radius 3 is 2.55 bits per heavy atom. The first-order valence-corrected chi connectivity index (χ1v) is 7.99. The van der Waals surface area contributed by atoms with Crippen molar-refractivity contribution < 1.29 is 31.5 Å². The zero-order valence-electron chi connectivity index (χ0n) is 11.0. The van der Waals surface area contributed by atoms with E-state index in [9.17, 15) is 26.4 Å². The zero-order valence-corrected chi connectivity index (χ0v) is 12.5. The first-order chi connectivity index (χ1) is 10.1. The fraction of sp³-hybridized carbons (Fsp3) is 0.417.